The van der Waals surface area contributed by atoms with Crippen LogP contribution in [0.25, 0.3) is 10.9 Å². The third-order valence-electron chi connectivity index (χ3n) is 7.09. The zero-order valence-corrected chi connectivity index (χ0v) is 21.9. The van der Waals surface area contributed by atoms with E-state index in [9.17, 15) is 0 Å². The molecule has 1 aliphatic rings. The summed E-state index contributed by atoms with van der Waals surface area (Å²) in [7, 11) is 4.07. The number of nitrogens with one attached hydrogen (secondary N) is 2. The van der Waals surface area contributed by atoms with Crippen LogP contribution < -0.4 is 20.3 Å². The number of aromatic nitrogens is 2. The van der Waals surface area contributed by atoms with Gasteiger partial charge in [-0.15, -0.1) is 0 Å². The largest absolute Gasteiger partial charge is 0.457 e. The first kappa shape index (κ1) is 25.0. The number of para-hydroxylation sites is 2. The second kappa shape index (κ2) is 12.1. The molecule has 0 atom stereocenters. The van der Waals surface area contributed by atoms with Crippen LogP contribution in [0.2, 0.25) is 0 Å². The molecule has 3 aromatic carbocycles. The number of fused-ring (bicyclic) bond motifs is 1. The Morgan fingerprint density at radius 3 is 2.41 bits per heavy atom. The molecule has 1 heterocycles. The average molecular weight is 496 g/mol. The van der Waals surface area contributed by atoms with Crippen LogP contribution in [0.3, 0.4) is 0 Å². The van der Waals surface area contributed by atoms with Gasteiger partial charge < -0.3 is 20.3 Å². The molecule has 0 radical (unpaired) electrons. The lowest BCUT2D eigenvalue weighted by Gasteiger charge is -2.29. The van der Waals surface area contributed by atoms with Gasteiger partial charge in [-0.05, 0) is 93.1 Å². The maximum atomic E-state index is 5.97. The number of rotatable bonds is 10. The highest BCUT2D eigenvalue weighted by Gasteiger charge is 2.22. The van der Waals surface area contributed by atoms with Crippen LogP contribution >= 0.6 is 0 Å². The number of hydrogen-bond donors (Lipinski definition) is 2. The number of nitrogens with zero attached hydrogens (tertiary/aromatic N) is 3. The van der Waals surface area contributed by atoms with Crippen LogP contribution in [0.5, 0.6) is 11.5 Å². The predicted octanol–water partition coefficient (Wildman–Crippen LogP) is 6.29. The maximum absolute atomic E-state index is 5.97. The lowest BCUT2D eigenvalue weighted by Crippen LogP contribution is -2.32. The number of ether oxygens (including phenoxy) is 1. The van der Waals surface area contributed by atoms with Crippen LogP contribution in [0.4, 0.5) is 11.8 Å². The Morgan fingerprint density at radius 2 is 1.59 bits per heavy atom. The molecule has 4 aromatic rings. The molecule has 2 N–H and O–H groups in total. The van der Waals surface area contributed by atoms with Crippen LogP contribution in [0, 0.1) is 5.92 Å². The molecular formula is C31H37N5O. The predicted molar refractivity (Wildman–Crippen MR) is 153 cm³/mol. The molecule has 1 fully saturated rings. The first-order valence-electron chi connectivity index (χ1n) is 13.4. The van der Waals surface area contributed by atoms with Crippen molar-refractivity contribution < 1.29 is 4.74 Å². The summed E-state index contributed by atoms with van der Waals surface area (Å²) in [5, 5.41) is 8.39. The Hall–Kier alpha value is -3.64. The minimum absolute atomic E-state index is 0.430. The van der Waals surface area contributed by atoms with E-state index in [1.807, 2.05) is 62.6 Å². The van der Waals surface area contributed by atoms with E-state index in [0.717, 1.165) is 72.4 Å². The van der Waals surface area contributed by atoms with Gasteiger partial charge in [-0.3, -0.25) is 0 Å². The molecule has 37 heavy (non-hydrogen) atoms. The average Bonchev–Trinajstić information content (AvgIpc) is 2.92. The minimum atomic E-state index is 0.430. The van der Waals surface area contributed by atoms with E-state index in [1.165, 1.54) is 18.4 Å². The topological polar surface area (TPSA) is 62.3 Å². The van der Waals surface area contributed by atoms with Crippen LogP contribution in [-0.4, -0.2) is 43.2 Å². The molecule has 0 spiro atoms. The molecule has 0 unspecified atom stereocenters. The summed E-state index contributed by atoms with van der Waals surface area (Å²) in [6.45, 7) is 2.05. The van der Waals surface area contributed by atoms with Crippen molar-refractivity contribution >= 4 is 22.7 Å². The van der Waals surface area contributed by atoms with Crippen molar-refractivity contribution in [3.05, 3.63) is 84.4 Å². The fourth-order valence-electron chi connectivity index (χ4n) is 5.09. The van der Waals surface area contributed by atoms with E-state index in [4.69, 9.17) is 14.7 Å². The molecule has 0 saturated heterocycles. The Bertz CT molecular complexity index is 1290. The van der Waals surface area contributed by atoms with Gasteiger partial charge in [-0.2, -0.15) is 4.98 Å². The van der Waals surface area contributed by atoms with Crippen LogP contribution in [-0.2, 0) is 6.42 Å². The van der Waals surface area contributed by atoms with Gasteiger partial charge in [-0.1, -0.05) is 42.5 Å². The Kier molecular flexibility index (Phi) is 8.16. The molecular weight excluding hydrogens is 458 g/mol. The van der Waals surface area contributed by atoms with Crippen molar-refractivity contribution in [2.45, 2.75) is 38.1 Å². The molecule has 0 amide bonds. The smallest absolute Gasteiger partial charge is 0.225 e. The lowest BCUT2D eigenvalue weighted by molar-refractivity contribution is 0.325. The normalized spacial score (nSPS) is 17.5. The number of hydrogen-bond acceptors (Lipinski definition) is 6. The maximum Gasteiger partial charge on any atom is 0.225 e. The van der Waals surface area contributed by atoms with Crippen molar-refractivity contribution in [2.75, 3.05) is 37.4 Å². The highest BCUT2D eigenvalue weighted by molar-refractivity contribution is 5.90. The molecule has 5 rings (SSSR count). The summed E-state index contributed by atoms with van der Waals surface area (Å²) in [5.41, 5.74) is 2.28. The first-order valence-corrected chi connectivity index (χ1v) is 13.4. The zero-order valence-electron chi connectivity index (χ0n) is 21.9. The summed E-state index contributed by atoms with van der Waals surface area (Å²) < 4.78 is 5.97. The highest BCUT2D eigenvalue weighted by Crippen LogP contribution is 2.28. The van der Waals surface area contributed by atoms with Crippen molar-refractivity contribution in [3.63, 3.8) is 0 Å². The molecule has 0 aliphatic heterocycles. The Labute approximate surface area is 220 Å². The monoisotopic (exact) mass is 495 g/mol. The van der Waals surface area contributed by atoms with E-state index in [0.29, 0.717) is 6.04 Å². The highest BCUT2D eigenvalue weighted by atomic mass is 16.5. The first-order chi connectivity index (χ1) is 18.1. The molecule has 1 aliphatic carbocycles. The van der Waals surface area contributed by atoms with Crippen molar-refractivity contribution in [1.29, 1.82) is 0 Å². The van der Waals surface area contributed by atoms with Gasteiger partial charge in [0.2, 0.25) is 5.95 Å². The van der Waals surface area contributed by atoms with E-state index in [-0.39, 0.29) is 0 Å². The summed E-state index contributed by atoms with van der Waals surface area (Å²) in [6, 6.07) is 27.0. The zero-order chi connectivity index (χ0) is 25.5. The van der Waals surface area contributed by atoms with E-state index < -0.39 is 0 Å². The second-order valence-electron chi connectivity index (χ2n) is 10.2. The molecule has 6 nitrogen and oxygen atoms in total. The van der Waals surface area contributed by atoms with Gasteiger partial charge >= 0.3 is 0 Å². The van der Waals surface area contributed by atoms with Crippen molar-refractivity contribution in [2.24, 2.45) is 5.92 Å². The summed E-state index contributed by atoms with van der Waals surface area (Å²) in [4.78, 5) is 11.7. The summed E-state index contributed by atoms with van der Waals surface area (Å²) >= 11 is 0. The van der Waals surface area contributed by atoms with E-state index in [2.05, 4.69) is 45.9 Å². The lowest BCUT2D eigenvalue weighted by atomic mass is 9.86. The Morgan fingerprint density at radius 1 is 0.838 bits per heavy atom. The quantitative estimate of drug-likeness (QED) is 0.252. The SMILES string of the molecule is CN(C)c1nc(N[C@H]2CC[C@@H](CNCCc3cccc(Oc4ccccc4)c3)CC2)nc2ccccc12. The van der Waals surface area contributed by atoms with Gasteiger partial charge in [0.25, 0.3) is 0 Å². The molecule has 0 bridgehead atoms. The molecule has 192 valence electrons. The van der Waals surface area contributed by atoms with Crippen molar-refractivity contribution in [3.8, 4) is 11.5 Å². The third-order valence-corrected chi connectivity index (χ3v) is 7.09. The van der Waals surface area contributed by atoms with Gasteiger partial charge in [-0.25, -0.2) is 4.98 Å². The molecule has 6 heteroatoms. The fourth-order valence-corrected chi connectivity index (χ4v) is 5.09. The van der Waals surface area contributed by atoms with Gasteiger partial charge in [0.15, 0.2) is 0 Å². The second-order valence-corrected chi connectivity index (χ2v) is 10.2. The number of benzene rings is 3. The van der Waals surface area contributed by atoms with Crippen LogP contribution in [0.15, 0.2) is 78.9 Å². The molecule has 1 aromatic heterocycles. The molecule has 1 saturated carbocycles. The minimum Gasteiger partial charge on any atom is -0.457 e. The van der Waals surface area contributed by atoms with Gasteiger partial charge in [0.1, 0.15) is 17.3 Å². The number of anilines is 2. The summed E-state index contributed by atoms with van der Waals surface area (Å²) in [5.74, 6) is 4.18. The fraction of sp³-hybridized carbons (Fsp3) is 0.355. The van der Waals surface area contributed by atoms with Crippen molar-refractivity contribution in [1.82, 2.24) is 15.3 Å². The van der Waals surface area contributed by atoms with Gasteiger partial charge in [0.05, 0.1) is 5.52 Å². The third kappa shape index (κ3) is 6.77. The standard InChI is InChI=1S/C31H37N5O/c1-36(2)30-28-13-6-7-14-29(28)34-31(35-30)33-25-17-15-24(16-18-25)22-32-20-19-23-9-8-12-27(21-23)37-26-10-4-3-5-11-26/h3-14,21,24-25,32H,15-20,22H2,1-2H3,(H,33,34,35)/t24-,25+. The Balaban J connectivity index is 1.05. The van der Waals surface area contributed by atoms with E-state index in [1.54, 1.807) is 0 Å². The van der Waals surface area contributed by atoms with Gasteiger partial charge in [0, 0.05) is 25.5 Å². The van der Waals surface area contributed by atoms with E-state index >= 15 is 0 Å². The van der Waals surface area contributed by atoms with Crippen LogP contribution in [0.1, 0.15) is 31.2 Å². The summed E-state index contributed by atoms with van der Waals surface area (Å²) in [6.07, 6.45) is 5.74.